The fourth-order valence-electron chi connectivity index (χ4n) is 2.56. The molecular weight excluding hydrogens is 360 g/mol. The highest BCUT2D eigenvalue weighted by Gasteiger charge is 2.22. The summed E-state index contributed by atoms with van der Waals surface area (Å²) >= 11 is 0. The molecule has 2 amide bonds. The Morgan fingerprint density at radius 3 is 2.36 bits per heavy atom. The summed E-state index contributed by atoms with van der Waals surface area (Å²) in [6.07, 6.45) is -0.285. The fourth-order valence-corrected chi connectivity index (χ4v) is 2.56. The average Bonchev–Trinajstić information content (AvgIpc) is 2.72. The van der Waals surface area contributed by atoms with Crippen LogP contribution in [0, 0.1) is 0 Å². The normalized spacial score (nSPS) is 11.4. The van der Waals surface area contributed by atoms with Crippen molar-refractivity contribution in [3.8, 4) is 11.5 Å². The van der Waals surface area contributed by atoms with Crippen molar-refractivity contribution in [3.63, 3.8) is 0 Å². The van der Waals surface area contributed by atoms with Crippen LogP contribution in [0.1, 0.15) is 23.7 Å². The molecule has 0 saturated heterocycles. The summed E-state index contributed by atoms with van der Waals surface area (Å²) in [6.45, 7) is 2.64. The molecule has 0 fully saturated rings. The summed E-state index contributed by atoms with van der Waals surface area (Å²) in [5.41, 5.74) is 0.795. The highest BCUT2D eigenvalue weighted by Crippen LogP contribution is 2.27. The van der Waals surface area contributed by atoms with Gasteiger partial charge in [0.15, 0.2) is 17.6 Å². The molecule has 0 aliphatic rings. The topological polar surface area (TPSA) is 85.9 Å². The Balaban J connectivity index is 2.11. The molecular formula is C21H26N2O5. The van der Waals surface area contributed by atoms with Gasteiger partial charge in [-0.1, -0.05) is 31.2 Å². The van der Waals surface area contributed by atoms with Crippen LogP contribution in [0.5, 0.6) is 11.5 Å². The average molecular weight is 386 g/mol. The lowest BCUT2D eigenvalue weighted by molar-refractivity contribution is -0.122. The zero-order chi connectivity index (χ0) is 20.4. The van der Waals surface area contributed by atoms with Gasteiger partial charge in [0.1, 0.15) is 0 Å². The van der Waals surface area contributed by atoms with E-state index in [0.29, 0.717) is 42.3 Å². The van der Waals surface area contributed by atoms with Gasteiger partial charge in [0, 0.05) is 13.7 Å². The summed E-state index contributed by atoms with van der Waals surface area (Å²) < 4.78 is 16.0. The van der Waals surface area contributed by atoms with Crippen molar-refractivity contribution < 1.29 is 23.8 Å². The molecule has 0 aliphatic heterocycles. The SMILES string of the molecule is CC[C@@H](Oc1ccccc1OC)C(=O)Nc1ccccc1C(=O)NCCOC. The number of methoxy groups -OCH3 is 2. The van der Waals surface area contributed by atoms with Crippen molar-refractivity contribution in [1.29, 1.82) is 0 Å². The Morgan fingerprint density at radius 1 is 1.00 bits per heavy atom. The number of para-hydroxylation sites is 3. The highest BCUT2D eigenvalue weighted by atomic mass is 16.5. The second-order valence-electron chi connectivity index (χ2n) is 5.95. The maximum Gasteiger partial charge on any atom is 0.265 e. The molecule has 0 bridgehead atoms. The third kappa shape index (κ3) is 5.72. The number of anilines is 1. The number of amides is 2. The van der Waals surface area contributed by atoms with Gasteiger partial charge >= 0.3 is 0 Å². The molecule has 0 saturated carbocycles. The Hall–Kier alpha value is -3.06. The van der Waals surface area contributed by atoms with E-state index in [2.05, 4.69) is 10.6 Å². The van der Waals surface area contributed by atoms with E-state index in [1.165, 1.54) is 0 Å². The zero-order valence-corrected chi connectivity index (χ0v) is 16.4. The van der Waals surface area contributed by atoms with Gasteiger partial charge < -0.3 is 24.8 Å². The molecule has 1 atom stereocenters. The van der Waals surface area contributed by atoms with Gasteiger partial charge in [0.05, 0.1) is 25.0 Å². The second kappa shape index (κ2) is 10.9. The summed E-state index contributed by atoms with van der Waals surface area (Å²) in [6, 6.07) is 14.0. The first kappa shape index (κ1) is 21.2. The lowest BCUT2D eigenvalue weighted by atomic mass is 10.1. The van der Waals surface area contributed by atoms with Gasteiger partial charge in [-0.15, -0.1) is 0 Å². The molecule has 2 aromatic rings. The van der Waals surface area contributed by atoms with Crippen LogP contribution >= 0.6 is 0 Å². The van der Waals surface area contributed by atoms with E-state index in [-0.39, 0.29) is 11.8 Å². The first-order valence-corrected chi connectivity index (χ1v) is 9.07. The molecule has 0 unspecified atom stereocenters. The summed E-state index contributed by atoms with van der Waals surface area (Å²) in [5.74, 6) is 0.404. The van der Waals surface area contributed by atoms with Crippen LogP contribution in [0.25, 0.3) is 0 Å². The molecule has 7 heteroatoms. The van der Waals surface area contributed by atoms with Crippen LogP contribution in [0.15, 0.2) is 48.5 Å². The smallest absolute Gasteiger partial charge is 0.265 e. The van der Waals surface area contributed by atoms with Gasteiger partial charge in [0.25, 0.3) is 11.8 Å². The number of benzene rings is 2. The molecule has 28 heavy (non-hydrogen) atoms. The third-order valence-corrected chi connectivity index (χ3v) is 4.02. The van der Waals surface area contributed by atoms with E-state index in [4.69, 9.17) is 14.2 Å². The number of carbonyl (C=O) groups is 2. The number of nitrogens with one attached hydrogen (secondary N) is 2. The summed E-state index contributed by atoms with van der Waals surface area (Å²) in [7, 11) is 3.11. The molecule has 0 heterocycles. The number of carbonyl (C=O) groups excluding carboxylic acids is 2. The van der Waals surface area contributed by atoms with Crippen molar-refractivity contribution in [2.45, 2.75) is 19.4 Å². The minimum Gasteiger partial charge on any atom is -0.493 e. The van der Waals surface area contributed by atoms with E-state index in [1.54, 1.807) is 50.6 Å². The van der Waals surface area contributed by atoms with Crippen molar-refractivity contribution in [1.82, 2.24) is 5.32 Å². The molecule has 0 aliphatic carbocycles. The highest BCUT2D eigenvalue weighted by molar-refractivity contribution is 6.04. The molecule has 2 aromatic carbocycles. The number of rotatable bonds is 10. The van der Waals surface area contributed by atoms with E-state index in [9.17, 15) is 9.59 Å². The first-order chi connectivity index (χ1) is 13.6. The Bertz CT molecular complexity index is 794. The van der Waals surface area contributed by atoms with Gasteiger partial charge in [-0.3, -0.25) is 9.59 Å². The minimum absolute atomic E-state index is 0.286. The van der Waals surface area contributed by atoms with Crippen LogP contribution < -0.4 is 20.1 Å². The predicted molar refractivity (Wildman–Crippen MR) is 107 cm³/mol. The Morgan fingerprint density at radius 2 is 1.68 bits per heavy atom. The Kier molecular flexibility index (Phi) is 8.30. The van der Waals surface area contributed by atoms with Gasteiger partial charge in [-0.25, -0.2) is 0 Å². The second-order valence-corrected chi connectivity index (χ2v) is 5.95. The van der Waals surface area contributed by atoms with Crippen molar-refractivity contribution in [3.05, 3.63) is 54.1 Å². The third-order valence-electron chi connectivity index (χ3n) is 4.02. The van der Waals surface area contributed by atoms with Crippen LogP contribution in [0.4, 0.5) is 5.69 Å². The van der Waals surface area contributed by atoms with Crippen LogP contribution in [0.3, 0.4) is 0 Å². The number of ether oxygens (including phenoxy) is 3. The summed E-state index contributed by atoms with van der Waals surface area (Å²) in [5, 5.41) is 5.54. The standard InChI is InChI=1S/C21H26N2O5/c1-4-17(28-19-12-8-7-11-18(19)27-3)21(25)23-16-10-6-5-9-15(16)20(24)22-13-14-26-2/h5-12,17H,4,13-14H2,1-3H3,(H,22,24)(H,23,25)/t17-/m1/s1. The molecule has 0 aromatic heterocycles. The fraction of sp³-hybridized carbons (Fsp3) is 0.333. The van der Waals surface area contributed by atoms with Crippen LogP contribution in [-0.4, -0.2) is 45.3 Å². The van der Waals surface area contributed by atoms with Gasteiger partial charge in [-0.05, 0) is 30.7 Å². The monoisotopic (exact) mass is 386 g/mol. The van der Waals surface area contributed by atoms with Crippen molar-refractivity contribution in [2.75, 3.05) is 32.7 Å². The minimum atomic E-state index is -0.735. The maximum absolute atomic E-state index is 12.8. The van der Waals surface area contributed by atoms with Crippen LogP contribution in [-0.2, 0) is 9.53 Å². The van der Waals surface area contributed by atoms with E-state index in [1.807, 2.05) is 19.1 Å². The molecule has 2 N–H and O–H groups in total. The zero-order valence-electron chi connectivity index (χ0n) is 16.4. The largest absolute Gasteiger partial charge is 0.493 e. The van der Waals surface area contributed by atoms with E-state index < -0.39 is 6.10 Å². The van der Waals surface area contributed by atoms with E-state index in [0.717, 1.165) is 0 Å². The molecule has 150 valence electrons. The van der Waals surface area contributed by atoms with Crippen molar-refractivity contribution in [2.24, 2.45) is 0 Å². The maximum atomic E-state index is 12.8. The Labute approximate surface area is 165 Å². The quantitative estimate of drug-likeness (QED) is 0.613. The molecule has 7 nitrogen and oxygen atoms in total. The lowest BCUT2D eigenvalue weighted by Gasteiger charge is -2.19. The van der Waals surface area contributed by atoms with Crippen molar-refractivity contribution >= 4 is 17.5 Å². The van der Waals surface area contributed by atoms with Gasteiger partial charge in [0.2, 0.25) is 0 Å². The first-order valence-electron chi connectivity index (χ1n) is 9.07. The predicted octanol–water partition coefficient (Wildman–Crippen LogP) is 2.87. The molecule has 0 spiro atoms. The summed E-state index contributed by atoms with van der Waals surface area (Å²) in [4.78, 5) is 25.1. The molecule has 0 radical (unpaired) electrons. The van der Waals surface area contributed by atoms with Gasteiger partial charge in [-0.2, -0.15) is 0 Å². The number of hydrogen-bond acceptors (Lipinski definition) is 5. The number of hydrogen-bond donors (Lipinski definition) is 2. The molecule has 2 rings (SSSR count). The van der Waals surface area contributed by atoms with Crippen LogP contribution in [0.2, 0.25) is 0 Å². The lowest BCUT2D eigenvalue weighted by Crippen LogP contribution is -2.34. The van der Waals surface area contributed by atoms with E-state index >= 15 is 0 Å².